The van der Waals surface area contributed by atoms with Crippen molar-refractivity contribution in [3.63, 3.8) is 0 Å². The van der Waals surface area contributed by atoms with E-state index in [2.05, 4.69) is 15.3 Å². The summed E-state index contributed by atoms with van der Waals surface area (Å²) >= 11 is 1.41. The maximum Gasteiger partial charge on any atom is 0.235 e. The summed E-state index contributed by atoms with van der Waals surface area (Å²) < 4.78 is 0. The number of anilines is 1. The van der Waals surface area contributed by atoms with Gasteiger partial charge in [-0.1, -0.05) is 11.8 Å². The molecule has 7 heteroatoms. The number of nitrogens with zero attached hydrogens (tertiary/aromatic N) is 3. The van der Waals surface area contributed by atoms with Crippen molar-refractivity contribution in [3.8, 4) is 0 Å². The molecule has 1 aromatic rings. The average Bonchev–Trinajstić information content (AvgIpc) is 2.25. The highest BCUT2D eigenvalue weighted by Crippen LogP contribution is 2.16. The molecule has 1 N–H and O–H groups in total. The summed E-state index contributed by atoms with van der Waals surface area (Å²) in [4.78, 5) is 17.8. The van der Waals surface area contributed by atoms with Crippen LogP contribution >= 0.6 is 11.8 Å². The van der Waals surface area contributed by atoms with Gasteiger partial charge >= 0.3 is 0 Å². The molecule has 0 aliphatic carbocycles. The van der Waals surface area contributed by atoms with E-state index in [9.17, 15) is 10.1 Å². The van der Waals surface area contributed by atoms with Crippen LogP contribution in [0.25, 0.3) is 6.08 Å². The first-order valence-corrected chi connectivity index (χ1v) is 5.30. The molecule has 1 heterocycles. The highest BCUT2D eigenvalue weighted by Gasteiger charge is 2.03. The fourth-order valence-corrected chi connectivity index (χ4v) is 1.28. The van der Waals surface area contributed by atoms with Crippen LogP contribution < -0.4 is 5.32 Å². The second-order valence-electron chi connectivity index (χ2n) is 2.51. The van der Waals surface area contributed by atoms with Crippen molar-refractivity contribution in [1.82, 2.24) is 9.97 Å². The molecule has 0 atom stereocenters. The van der Waals surface area contributed by atoms with Crippen LogP contribution in [0.1, 0.15) is 5.56 Å². The smallest absolute Gasteiger partial charge is 0.235 e. The van der Waals surface area contributed by atoms with Crippen molar-refractivity contribution in [2.75, 3.05) is 18.6 Å². The molecule has 0 aliphatic rings. The van der Waals surface area contributed by atoms with Gasteiger partial charge in [0.25, 0.3) is 0 Å². The lowest BCUT2D eigenvalue weighted by atomic mass is 10.3. The number of hydrogen-bond acceptors (Lipinski definition) is 6. The number of hydrogen-bond donors (Lipinski definition) is 1. The van der Waals surface area contributed by atoms with Gasteiger partial charge in [-0.15, -0.1) is 0 Å². The van der Waals surface area contributed by atoms with Crippen LogP contribution in [0.15, 0.2) is 17.6 Å². The normalized spacial score (nSPS) is 10.5. The van der Waals surface area contributed by atoms with E-state index in [-0.39, 0.29) is 0 Å². The second kappa shape index (κ2) is 5.30. The predicted molar refractivity (Wildman–Crippen MR) is 59.4 cm³/mol. The van der Waals surface area contributed by atoms with Crippen LogP contribution in [0, 0.1) is 10.1 Å². The fraction of sp³-hybridized carbons (Fsp3) is 0.250. The molecule has 6 nitrogen and oxygen atoms in total. The molecule has 0 aliphatic heterocycles. The molecular formula is C8H10N4O2S. The van der Waals surface area contributed by atoms with E-state index in [0.717, 1.165) is 6.20 Å². The summed E-state index contributed by atoms with van der Waals surface area (Å²) in [6, 6.07) is 0. The topological polar surface area (TPSA) is 81.0 Å². The van der Waals surface area contributed by atoms with Crippen LogP contribution in [-0.2, 0) is 0 Å². The maximum absolute atomic E-state index is 10.1. The van der Waals surface area contributed by atoms with Gasteiger partial charge in [0.05, 0.1) is 4.92 Å². The lowest BCUT2D eigenvalue weighted by molar-refractivity contribution is -0.400. The number of thioether (sulfide) groups is 1. The second-order valence-corrected chi connectivity index (χ2v) is 3.29. The van der Waals surface area contributed by atoms with E-state index >= 15 is 0 Å². The summed E-state index contributed by atoms with van der Waals surface area (Å²) in [6.07, 6.45) is 5.63. The Bertz CT molecular complexity index is 394. The van der Waals surface area contributed by atoms with Crippen LogP contribution in [0.4, 0.5) is 5.82 Å². The first-order chi connectivity index (χ1) is 7.17. The summed E-state index contributed by atoms with van der Waals surface area (Å²) in [5.74, 6) is 0.576. The SMILES string of the molecule is CNc1nc(SC)ncc1C=C[N+](=O)[O-]. The van der Waals surface area contributed by atoms with Crippen molar-refractivity contribution in [3.05, 3.63) is 28.1 Å². The van der Waals surface area contributed by atoms with Crippen LogP contribution in [0.3, 0.4) is 0 Å². The number of rotatable bonds is 4. The zero-order valence-electron chi connectivity index (χ0n) is 8.30. The Balaban J connectivity index is 3.02. The van der Waals surface area contributed by atoms with Gasteiger partial charge in [0.1, 0.15) is 5.82 Å². The summed E-state index contributed by atoms with van der Waals surface area (Å²) in [7, 11) is 1.70. The van der Waals surface area contributed by atoms with Crippen LogP contribution in [0.5, 0.6) is 0 Å². The summed E-state index contributed by atoms with van der Waals surface area (Å²) in [6.45, 7) is 0. The highest BCUT2D eigenvalue weighted by molar-refractivity contribution is 7.98. The van der Waals surface area contributed by atoms with Gasteiger partial charge in [-0.2, -0.15) is 0 Å². The molecule has 0 saturated carbocycles. The summed E-state index contributed by atoms with van der Waals surface area (Å²) in [5.41, 5.74) is 0.590. The van der Waals surface area contributed by atoms with Crippen LogP contribution in [0.2, 0.25) is 0 Å². The Morgan fingerprint density at radius 3 is 2.93 bits per heavy atom. The molecule has 0 amide bonds. The van der Waals surface area contributed by atoms with E-state index in [1.807, 2.05) is 6.26 Å². The monoisotopic (exact) mass is 226 g/mol. The third-order valence-corrected chi connectivity index (χ3v) is 2.15. The lowest BCUT2D eigenvalue weighted by Crippen LogP contribution is -1.98. The van der Waals surface area contributed by atoms with Gasteiger partial charge in [-0.05, 0) is 6.26 Å². The zero-order chi connectivity index (χ0) is 11.3. The molecule has 1 rings (SSSR count). The van der Waals surface area contributed by atoms with Crippen molar-refractivity contribution in [2.45, 2.75) is 5.16 Å². The molecular weight excluding hydrogens is 216 g/mol. The number of nitro groups is 1. The third-order valence-electron chi connectivity index (χ3n) is 1.59. The first kappa shape index (κ1) is 11.4. The Hall–Kier alpha value is -1.63. The predicted octanol–water partition coefficient (Wildman–Crippen LogP) is 1.49. The highest BCUT2D eigenvalue weighted by atomic mass is 32.2. The van der Waals surface area contributed by atoms with Crippen molar-refractivity contribution in [2.24, 2.45) is 0 Å². The molecule has 0 fully saturated rings. The molecule has 0 saturated heterocycles. The van der Waals surface area contributed by atoms with Gasteiger partial charge in [-0.3, -0.25) is 10.1 Å². The minimum atomic E-state index is -0.526. The number of aromatic nitrogens is 2. The number of nitrogens with one attached hydrogen (secondary N) is 1. The van der Waals surface area contributed by atoms with Gasteiger partial charge in [0.15, 0.2) is 5.16 Å². The maximum atomic E-state index is 10.1. The Kier molecular flexibility index (Phi) is 4.04. The molecule has 0 spiro atoms. The minimum absolute atomic E-state index is 0.526. The fourth-order valence-electron chi connectivity index (χ4n) is 0.937. The molecule has 1 aromatic heterocycles. The Morgan fingerprint density at radius 1 is 1.67 bits per heavy atom. The van der Waals surface area contributed by atoms with Crippen molar-refractivity contribution >= 4 is 23.7 Å². The standard InChI is InChI=1S/C8H10N4O2S/c1-9-7-6(3-4-12(13)14)5-10-8(11-7)15-2/h3-5H,1-2H3,(H,9,10,11). The molecule has 15 heavy (non-hydrogen) atoms. The van der Waals surface area contributed by atoms with Crippen molar-refractivity contribution in [1.29, 1.82) is 0 Å². The van der Waals surface area contributed by atoms with Gasteiger partial charge in [0, 0.05) is 24.9 Å². The minimum Gasteiger partial charge on any atom is -0.373 e. The van der Waals surface area contributed by atoms with Crippen LogP contribution in [-0.4, -0.2) is 28.2 Å². The van der Waals surface area contributed by atoms with Gasteiger partial charge in [-0.25, -0.2) is 9.97 Å². The van der Waals surface area contributed by atoms with E-state index in [0.29, 0.717) is 16.5 Å². The van der Waals surface area contributed by atoms with E-state index in [1.54, 1.807) is 13.2 Å². The molecule has 0 bridgehead atoms. The Morgan fingerprint density at radius 2 is 2.40 bits per heavy atom. The average molecular weight is 226 g/mol. The Labute approximate surface area is 91.0 Å². The lowest BCUT2D eigenvalue weighted by Gasteiger charge is -2.03. The van der Waals surface area contributed by atoms with E-state index in [1.165, 1.54) is 17.8 Å². The molecule has 0 aromatic carbocycles. The van der Waals surface area contributed by atoms with E-state index < -0.39 is 4.92 Å². The third kappa shape index (κ3) is 3.21. The van der Waals surface area contributed by atoms with Crippen molar-refractivity contribution < 1.29 is 4.92 Å². The van der Waals surface area contributed by atoms with Gasteiger partial charge < -0.3 is 5.32 Å². The first-order valence-electron chi connectivity index (χ1n) is 4.08. The van der Waals surface area contributed by atoms with E-state index in [4.69, 9.17) is 0 Å². The van der Waals surface area contributed by atoms with Gasteiger partial charge in [0.2, 0.25) is 6.20 Å². The quantitative estimate of drug-likeness (QED) is 0.362. The molecule has 0 unspecified atom stereocenters. The molecule has 0 radical (unpaired) electrons. The largest absolute Gasteiger partial charge is 0.373 e. The summed E-state index contributed by atoms with van der Waals surface area (Å²) in [5, 5.41) is 13.6. The zero-order valence-corrected chi connectivity index (χ0v) is 9.11. The molecule has 80 valence electrons.